The third kappa shape index (κ3) is 2.73. The van der Waals surface area contributed by atoms with Gasteiger partial charge in [0.2, 0.25) is 0 Å². The van der Waals surface area contributed by atoms with E-state index in [0.717, 1.165) is 38.8 Å². The Morgan fingerprint density at radius 3 is 1.88 bits per heavy atom. The van der Waals surface area contributed by atoms with Crippen LogP contribution in [0, 0.1) is 5.92 Å². The van der Waals surface area contributed by atoms with Crippen LogP contribution in [0.15, 0.2) is 0 Å². The Labute approximate surface area is 107 Å². The molecule has 1 fully saturated rings. The van der Waals surface area contributed by atoms with Gasteiger partial charge in [-0.2, -0.15) is 0 Å². The van der Waals surface area contributed by atoms with Crippen LogP contribution < -0.4 is 0 Å². The molecule has 2 nitrogen and oxygen atoms in total. The van der Waals surface area contributed by atoms with E-state index < -0.39 is 0 Å². The van der Waals surface area contributed by atoms with Crippen LogP contribution in [0.2, 0.25) is 0 Å². The number of nitrogens with zero attached hydrogens (tertiary/aromatic N) is 1. The van der Waals surface area contributed by atoms with Crippen molar-refractivity contribution in [1.29, 1.82) is 0 Å². The number of Topliss-reactive ketones (excluding diaryl/α,β-unsaturated/α-hetero) is 1. The fraction of sp³-hybridized carbons (Fsp3) is 0.933. The highest BCUT2D eigenvalue weighted by Gasteiger charge is 2.43. The summed E-state index contributed by atoms with van der Waals surface area (Å²) in [6.45, 7) is 10.9. The molecule has 2 heteroatoms. The number of likely N-dealkylation sites (tertiary alicyclic amines) is 1. The molecule has 1 aliphatic heterocycles. The Balaban J connectivity index is 2.92. The molecule has 1 rings (SSSR count). The molecular formula is C15H29NO. The van der Waals surface area contributed by atoms with Gasteiger partial charge in [0.05, 0.1) is 5.54 Å². The van der Waals surface area contributed by atoms with Gasteiger partial charge in [-0.05, 0) is 51.6 Å². The average molecular weight is 239 g/mol. The molecule has 0 spiro atoms. The maximum Gasteiger partial charge on any atom is 0.156 e. The smallest absolute Gasteiger partial charge is 0.156 e. The van der Waals surface area contributed by atoms with Crippen molar-refractivity contribution < 1.29 is 4.79 Å². The van der Waals surface area contributed by atoms with Gasteiger partial charge in [-0.3, -0.25) is 9.69 Å². The van der Waals surface area contributed by atoms with E-state index in [4.69, 9.17) is 0 Å². The summed E-state index contributed by atoms with van der Waals surface area (Å²) in [6, 6.07) is 0. The van der Waals surface area contributed by atoms with Crippen molar-refractivity contribution in [2.24, 2.45) is 5.92 Å². The van der Waals surface area contributed by atoms with Gasteiger partial charge >= 0.3 is 0 Å². The Kier molecular flexibility index (Phi) is 5.64. The second-order valence-corrected chi connectivity index (χ2v) is 5.31. The molecule has 0 aromatic rings. The largest absolute Gasteiger partial charge is 0.297 e. The minimum Gasteiger partial charge on any atom is -0.297 e. The van der Waals surface area contributed by atoms with Crippen molar-refractivity contribution in [1.82, 2.24) is 4.90 Å². The van der Waals surface area contributed by atoms with Crippen LogP contribution in [-0.2, 0) is 4.79 Å². The molecule has 1 saturated heterocycles. The van der Waals surface area contributed by atoms with Gasteiger partial charge < -0.3 is 0 Å². The third-order valence-electron chi connectivity index (χ3n) is 4.70. The van der Waals surface area contributed by atoms with Crippen LogP contribution in [0.1, 0.15) is 66.2 Å². The number of carbonyl (C=O) groups excluding carboxylic acids is 1. The first-order valence-corrected chi connectivity index (χ1v) is 7.45. The average Bonchev–Trinajstić information content (AvgIpc) is 2.87. The molecule has 0 aliphatic carbocycles. The number of ketones is 1. The fourth-order valence-corrected chi connectivity index (χ4v) is 3.39. The quantitative estimate of drug-likeness (QED) is 0.676. The summed E-state index contributed by atoms with van der Waals surface area (Å²) in [5, 5.41) is 0. The molecule has 1 heterocycles. The molecule has 0 atom stereocenters. The van der Waals surface area contributed by atoms with Crippen LogP contribution >= 0.6 is 0 Å². The Morgan fingerprint density at radius 2 is 1.53 bits per heavy atom. The highest BCUT2D eigenvalue weighted by atomic mass is 16.1. The molecule has 0 N–H and O–H groups in total. The van der Waals surface area contributed by atoms with E-state index in [1.807, 2.05) is 0 Å². The van der Waals surface area contributed by atoms with Gasteiger partial charge in [-0.15, -0.1) is 0 Å². The van der Waals surface area contributed by atoms with Crippen LogP contribution in [0.5, 0.6) is 0 Å². The summed E-state index contributed by atoms with van der Waals surface area (Å²) in [7, 11) is 0. The van der Waals surface area contributed by atoms with E-state index >= 15 is 0 Å². The first-order valence-electron chi connectivity index (χ1n) is 7.45. The van der Waals surface area contributed by atoms with Gasteiger partial charge in [-0.1, -0.05) is 27.7 Å². The van der Waals surface area contributed by atoms with Crippen molar-refractivity contribution in [3.05, 3.63) is 0 Å². The monoisotopic (exact) mass is 239 g/mol. The molecule has 0 radical (unpaired) electrons. The molecule has 0 unspecified atom stereocenters. The van der Waals surface area contributed by atoms with Crippen LogP contribution in [0.25, 0.3) is 0 Å². The molecular weight excluding hydrogens is 210 g/mol. The maximum atomic E-state index is 12.8. The molecule has 100 valence electrons. The number of rotatable bonds is 7. The number of hydrogen-bond donors (Lipinski definition) is 0. The van der Waals surface area contributed by atoms with E-state index in [1.165, 1.54) is 12.8 Å². The van der Waals surface area contributed by atoms with Crippen molar-refractivity contribution in [2.45, 2.75) is 71.8 Å². The van der Waals surface area contributed by atoms with Gasteiger partial charge in [-0.25, -0.2) is 0 Å². The molecule has 0 aromatic carbocycles. The predicted octanol–water partition coefficient (Wildman–Crippen LogP) is 3.65. The van der Waals surface area contributed by atoms with Crippen molar-refractivity contribution in [3.8, 4) is 0 Å². The second kappa shape index (κ2) is 6.53. The van der Waals surface area contributed by atoms with E-state index in [9.17, 15) is 4.79 Å². The lowest BCUT2D eigenvalue weighted by Crippen LogP contribution is -2.54. The first-order chi connectivity index (χ1) is 8.16. The Hall–Kier alpha value is -0.370. The summed E-state index contributed by atoms with van der Waals surface area (Å²) in [4.78, 5) is 15.3. The highest BCUT2D eigenvalue weighted by Crippen LogP contribution is 2.33. The van der Waals surface area contributed by atoms with Gasteiger partial charge in [0.15, 0.2) is 5.78 Å². The van der Waals surface area contributed by atoms with E-state index in [2.05, 4.69) is 32.6 Å². The third-order valence-corrected chi connectivity index (χ3v) is 4.70. The lowest BCUT2D eigenvalue weighted by molar-refractivity contribution is -0.135. The van der Waals surface area contributed by atoms with Crippen molar-refractivity contribution in [3.63, 3.8) is 0 Å². The molecule has 0 saturated carbocycles. The lowest BCUT2D eigenvalue weighted by atomic mass is 9.78. The summed E-state index contributed by atoms with van der Waals surface area (Å²) < 4.78 is 0. The summed E-state index contributed by atoms with van der Waals surface area (Å²) in [5.74, 6) is 0.768. The van der Waals surface area contributed by atoms with Crippen LogP contribution in [0.3, 0.4) is 0 Å². The Bertz CT molecular complexity index is 235. The minimum atomic E-state index is -0.160. The first kappa shape index (κ1) is 14.7. The zero-order valence-electron chi connectivity index (χ0n) is 12.1. The summed E-state index contributed by atoms with van der Waals surface area (Å²) >= 11 is 0. The molecule has 1 aliphatic rings. The zero-order valence-corrected chi connectivity index (χ0v) is 12.1. The second-order valence-electron chi connectivity index (χ2n) is 5.31. The van der Waals surface area contributed by atoms with Gasteiger partial charge in [0, 0.05) is 5.92 Å². The topological polar surface area (TPSA) is 20.3 Å². The molecule has 0 bridgehead atoms. The summed E-state index contributed by atoms with van der Waals surface area (Å²) in [5.41, 5.74) is -0.160. The zero-order chi connectivity index (χ0) is 12.9. The van der Waals surface area contributed by atoms with Crippen molar-refractivity contribution >= 4 is 5.78 Å². The number of hydrogen-bond acceptors (Lipinski definition) is 2. The van der Waals surface area contributed by atoms with Gasteiger partial charge in [0.25, 0.3) is 0 Å². The lowest BCUT2D eigenvalue weighted by Gasteiger charge is -2.41. The molecule has 0 amide bonds. The van der Waals surface area contributed by atoms with E-state index in [-0.39, 0.29) is 11.5 Å². The summed E-state index contributed by atoms with van der Waals surface area (Å²) in [6.07, 6.45) is 6.45. The highest BCUT2D eigenvalue weighted by molar-refractivity contribution is 5.90. The van der Waals surface area contributed by atoms with Gasteiger partial charge in [0.1, 0.15) is 0 Å². The van der Waals surface area contributed by atoms with Crippen molar-refractivity contribution in [2.75, 3.05) is 13.1 Å². The number of carbonyl (C=O) groups is 1. The molecule has 0 aromatic heterocycles. The predicted molar refractivity (Wildman–Crippen MR) is 73.2 cm³/mol. The fourth-order valence-electron chi connectivity index (χ4n) is 3.39. The minimum absolute atomic E-state index is 0.160. The van der Waals surface area contributed by atoms with Crippen LogP contribution in [-0.4, -0.2) is 29.3 Å². The normalized spacial score (nSPS) is 17.9. The van der Waals surface area contributed by atoms with E-state index in [1.54, 1.807) is 0 Å². The maximum absolute atomic E-state index is 12.8. The standard InChI is InChI=1S/C15H29NO/c1-5-13(6-2)14(17)15(7-3,8-4)16-11-9-10-12-16/h13H,5-12H2,1-4H3. The SMILES string of the molecule is CCC(CC)C(=O)C(CC)(CC)N1CCCC1. The van der Waals surface area contributed by atoms with E-state index in [0.29, 0.717) is 5.78 Å². The Morgan fingerprint density at radius 1 is 1.06 bits per heavy atom. The van der Waals surface area contributed by atoms with Crippen LogP contribution in [0.4, 0.5) is 0 Å². The molecule has 17 heavy (non-hydrogen) atoms.